The zero-order valence-electron chi connectivity index (χ0n) is 12.0. The lowest BCUT2D eigenvalue weighted by Crippen LogP contribution is -2.16. The van der Waals surface area contributed by atoms with Crippen LogP contribution >= 0.6 is 23.6 Å². The lowest BCUT2D eigenvalue weighted by molar-refractivity contribution is -0.259. The molecule has 2 rings (SSSR count). The molecule has 0 aliphatic carbocycles. The highest BCUT2D eigenvalue weighted by Crippen LogP contribution is 2.31. The summed E-state index contributed by atoms with van der Waals surface area (Å²) in [6.45, 7) is 0.651. The summed E-state index contributed by atoms with van der Waals surface area (Å²) in [4.78, 5) is 15.9. The van der Waals surface area contributed by atoms with Crippen LogP contribution in [0.2, 0.25) is 5.02 Å². The summed E-state index contributed by atoms with van der Waals surface area (Å²) in [5, 5.41) is 11.4. The average Bonchev–Trinajstić information content (AvgIpc) is 2.92. The van der Waals surface area contributed by atoms with E-state index < -0.39 is 5.97 Å². The van der Waals surface area contributed by atoms with Gasteiger partial charge in [-0.05, 0) is 41.8 Å². The maximum Gasteiger partial charge on any atom is 0.303 e. The first-order chi connectivity index (χ1) is 10.6. The fraction of sp³-hybridized carbons (Fsp3) is 0.400. The summed E-state index contributed by atoms with van der Waals surface area (Å²) in [6, 6.07) is 7.46. The number of carboxylic acids is 1. The van der Waals surface area contributed by atoms with Gasteiger partial charge >= 0.3 is 5.97 Å². The maximum atomic E-state index is 10.4. The Kier molecular flexibility index (Phi) is 7.05. The van der Waals surface area contributed by atoms with Crippen molar-refractivity contribution in [2.75, 3.05) is 6.54 Å². The SMILES string of the molecule is O=C(O)CCCCCCN1OS/C(=C\c2ccc(Cl)cc2)O1. The van der Waals surface area contributed by atoms with Gasteiger partial charge in [-0.15, -0.1) is 0 Å². The smallest absolute Gasteiger partial charge is 0.303 e. The van der Waals surface area contributed by atoms with Crippen molar-refractivity contribution in [2.24, 2.45) is 0 Å². The van der Waals surface area contributed by atoms with Crippen molar-refractivity contribution >= 4 is 35.7 Å². The first-order valence-corrected chi connectivity index (χ1v) is 8.24. The highest BCUT2D eigenvalue weighted by atomic mass is 35.5. The predicted octanol–water partition coefficient (Wildman–Crippen LogP) is 4.50. The molecule has 1 heterocycles. The molecule has 1 saturated heterocycles. The van der Waals surface area contributed by atoms with Gasteiger partial charge in [0.15, 0.2) is 0 Å². The molecule has 5 nitrogen and oxygen atoms in total. The highest BCUT2D eigenvalue weighted by Gasteiger charge is 2.20. The van der Waals surface area contributed by atoms with Crippen LogP contribution in [0, 0.1) is 0 Å². The zero-order valence-corrected chi connectivity index (χ0v) is 13.6. The van der Waals surface area contributed by atoms with E-state index in [1.54, 1.807) is 0 Å². The van der Waals surface area contributed by atoms with Crippen molar-refractivity contribution in [3.63, 3.8) is 0 Å². The van der Waals surface area contributed by atoms with Gasteiger partial charge in [-0.3, -0.25) is 4.79 Å². The van der Waals surface area contributed by atoms with Gasteiger partial charge in [0.2, 0.25) is 5.09 Å². The first-order valence-electron chi connectivity index (χ1n) is 7.13. The monoisotopic (exact) mass is 343 g/mol. The molecule has 0 aromatic heterocycles. The number of hydrogen-bond acceptors (Lipinski definition) is 5. The van der Waals surface area contributed by atoms with Gasteiger partial charge in [-0.1, -0.05) is 36.6 Å². The summed E-state index contributed by atoms with van der Waals surface area (Å²) >= 11 is 7.02. The second-order valence-electron chi connectivity index (χ2n) is 4.88. The molecule has 1 aliphatic heterocycles. The Morgan fingerprint density at radius 1 is 1.23 bits per heavy atom. The Morgan fingerprint density at radius 2 is 1.95 bits per heavy atom. The van der Waals surface area contributed by atoms with E-state index in [4.69, 9.17) is 25.8 Å². The molecule has 0 unspecified atom stereocenters. The Labute approximate surface area is 139 Å². The third kappa shape index (κ3) is 6.27. The summed E-state index contributed by atoms with van der Waals surface area (Å²) in [5.41, 5.74) is 0.992. The van der Waals surface area contributed by atoms with Crippen LogP contribution in [0.3, 0.4) is 0 Å². The van der Waals surface area contributed by atoms with Crippen molar-refractivity contribution in [3.05, 3.63) is 39.9 Å². The van der Waals surface area contributed by atoms with Gasteiger partial charge in [-0.2, -0.15) is 4.28 Å². The Hall–Kier alpha value is -1.21. The Morgan fingerprint density at radius 3 is 2.68 bits per heavy atom. The van der Waals surface area contributed by atoms with Gasteiger partial charge in [0.05, 0.1) is 18.6 Å². The fourth-order valence-corrected chi connectivity index (χ4v) is 2.59. The molecule has 22 heavy (non-hydrogen) atoms. The Balaban J connectivity index is 1.65. The molecule has 1 N–H and O–H groups in total. The number of halogens is 1. The minimum Gasteiger partial charge on any atom is -0.481 e. The van der Waals surface area contributed by atoms with E-state index in [0.29, 0.717) is 23.1 Å². The topological polar surface area (TPSA) is 59.0 Å². The molecule has 7 heteroatoms. The van der Waals surface area contributed by atoms with Crippen molar-refractivity contribution in [1.82, 2.24) is 5.23 Å². The number of aliphatic carboxylic acids is 1. The summed E-state index contributed by atoms with van der Waals surface area (Å²) < 4.78 is 5.35. The largest absolute Gasteiger partial charge is 0.481 e. The molecular formula is C15H18ClNO4S. The van der Waals surface area contributed by atoms with Gasteiger partial charge in [-0.25, -0.2) is 0 Å². The second kappa shape index (κ2) is 9.05. The van der Waals surface area contributed by atoms with Gasteiger partial charge in [0.1, 0.15) is 0 Å². The molecule has 0 atom stereocenters. The van der Waals surface area contributed by atoms with Crippen LogP contribution in [-0.2, 0) is 13.9 Å². The van der Waals surface area contributed by atoms with E-state index in [-0.39, 0.29) is 6.42 Å². The van der Waals surface area contributed by atoms with Crippen LogP contribution in [0.4, 0.5) is 0 Å². The zero-order chi connectivity index (χ0) is 15.8. The number of benzene rings is 1. The van der Waals surface area contributed by atoms with Crippen LogP contribution in [0.5, 0.6) is 0 Å². The molecule has 120 valence electrons. The van der Waals surface area contributed by atoms with Crippen LogP contribution in [-0.4, -0.2) is 22.8 Å². The summed E-state index contributed by atoms with van der Waals surface area (Å²) in [6.07, 6.45) is 5.59. The van der Waals surface area contributed by atoms with Crippen molar-refractivity contribution in [1.29, 1.82) is 0 Å². The molecule has 1 aromatic rings. The minimum absolute atomic E-state index is 0.237. The van der Waals surface area contributed by atoms with E-state index in [2.05, 4.69) is 0 Å². The molecular weight excluding hydrogens is 326 g/mol. The number of unbranched alkanes of at least 4 members (excludes halogenated alkanes) is 3. The number of carbonyl (C=O) groups is 1. The van der Waals surface area contributed by atoms with Crippen LogP contribution < -0.4 is 0 Å². The molecule has 0 amide bonds. The van der Waals surface area contributed by atoms with Gasteiger partial charge < -0.3 is 9.94 Å². The molecule has 1 aromatic carbocycles. The lowest BCUT2D eigenvalue weighted by Gasteiger charge is -2.09. The third-order valence-electron chi connectivity index (χ3n) is 3.03. The van der Waals surface area contributed by atoms with Crippen LogP contribution in [0.25, 0.3) is 6.08 Å². The van der Waals surface area contributed by atoms with E-state index >= 15 is 0 Å². The molecule has 1 aliphatic rings. The lowest BCUT2D eigenvalue weighted by atomic mass is 10.1. The van der Waals surface area contributed by atoms with Crippen molar-refractivity contribution in [2.45, 2.75) is 32.1 Å². The number of rotatable bonds is 8. The fourth-order valence-electron chi connectivity index (χ4n) is 1.91. The van der Waals surface area contributed by atoms with Gasteiger partial charge in [0.25, 0.3) is 0 Å². The first kappa shape index (κ1) is 17.1. The van der Waals surface area contributed by atoms with Gasteiger partial charge in [0, 0.05) is 11.4 Å². The van der Waals surface area contributed by atoms with E-state index in [1.807, 2.05) is 30.3 Å². The normalized spacial score (nSPS) is 16.9. The quantitative estimate of drug-likeness (QED) is 0.554. The molecule has 0 spiro atoms. The maximum absolute atomic E-state index is 10.4. The van der Waals surface area contributed by atoms with Crippen molar-refractivity contribution in [3.8, 4) is 0 Å². The number of hydrogen-bond donors (Lipinski definition) is 1. The van der Waals surface area contributed by atoms with Crippen LogP contribution in [0.1, 0.15) is 37.7 Å². The average molecular weight is 344 g/mol. The predicted molar refractivity (Wildman–Crippen MR) is 86.6 cm³/mol. The number of nitrogens with zero attached hydrogens (tertiary/aromatic N) is 1. The molecule has 1 fully saturated rings. The highest BCUT2D eigenvalue weighted by molar-refractivity contribution is 7.98. The summed E-state index contributed by atoms with van der Waals surface area (Å²) in [7, 11) is 0. The third-order valence-corrected chi connectivity index (χ3v) is 3.88. The summed E-state index contributed by atoms with van der Waals surface area (Å²) in [5.74, 6) is -0.736. The van der Waals surface area contributed by atoms with E-state index in [0.717, 1.165) is 24.8 Å². The number of hydroxylamine groups is 2. The molecule has 0 radical (unpaired) electrons. The van der Waals surface area contributed by atoms with E-state index in [1.165, 1.54) is 17.3 Å². The minimum atomic E-state index is -0.736. The van der Waals surface area contributed by atoms with Crippen LogP contribution in [0.15, 0.2) is 29.4 Å². The Bertz CT molecular complexity index is 521. The molecule has 0 bridgehead atoms. The molecule has 0 saturated carbocycles. The van der Waals surface area contributed by atoms with E-state index in [9.17, 15) is 4.79 Å². The van der Waals surface area contributed by atoms with Crippen molar-refractivity contribution < 1.29 is 19.0 Å². The standard InChI is InChI=1S/C15H18ClNO4S/c16-13-8-6-12(7-9-13)11-15-20-17(21-22-15)10-4-2-1-3-5-14(18)19/h6-9,11H,1-5,10H2,(H,18,19)/b15-11-. The second-order valence-corrected chi connectivity index (χ2v) is 6.03. The number of carboxylic acid groups (broad SMARTS) is 1.